The average molecular weight is 435 g/mol. The second-order valence-electron chi connectivity index (χ2n) is 7.79. The van der Waals surface area contributed by atoms with Crippen LogP contribution in [0.15, 0.2) is 66.7 Å². The molecule has 1 amide bonds. The van der Waals surface area contributed by atoms with E-state index in [9.17, 15) is 9.18 Å². The molecule has 0 saturated carbocycles. The first kappa shape index (κ1) is 19.6. The molecule has 1 aliphatic heterocycles. The predicted octanol–water partition coefficient (Wildman–Crippen LogP) is 6.42. The lowest BCUT2D eigenvalue weighted by atomic mass is 9.92. The average Bonchev–Trinajstić information content (AvgIpc) is 3.13. The molecule has 4 nitrogen and oxygen atoms in total. The molecule has 2 heterocycles. The number of nitrogens with zero attached hydrogens (tertiary/aromatic N) is 1. The van der Waals surface area contributed by atoms with E-state index >= 15 is 0 Å². The summed E-state index contributed by atoms with van der Waals surface area (Å²) in [4.78, 5) is 18.4. The molecule has 5 rings (SSSR count). The Labute approximate surface area is 184 Å². The Morgan fingerprint density at radius 1 is 1.10 bits per heavy atom. The highest BCUT2D eigenvalue weighted by Crippen LogP contribution is 2.39. The van der Waals surface area contributed by atoms with Gasteiger partial charge >= 0.3 is 6.09 Å². The largest absolute Gasteiger partial charge is 0.416 e. The van der Waals surface area contributed by atoms with E-state index in [4.69, 9.17) is 16.3 Å². The van der Waals surface area contributed by atoms with Gasteiger partial charge in [0.2, 0.25) is 0 Å². The maximum absolute atomic E-state index is 13.2. The number of benzene rings is 3. The van der Waals surface area contributed by atoms with Crippen molar-refractivity contribution in [3.05, 3.63) is 100.0 Å². The fraction of sp³-hybridized carbons (Fsp3) is 0.160. The zero-order valence-electron chi connectivity index (χ0n) is 16.9. The molecule has 0 saturated heterocycles. The van der Waals surface area contributed by atoms with E-state index in [1.54, 1.807) is 4.90 Å². The van der Waals surface area contributed by atoms with Gasteiger partial charge in [0.1, 0.15) is 17.6 Å². The molecule has 0 radical (unpaired) electrons. The van der Waals surface area contributed by atoms with Gasteiger partial charge in [-0.1, -0.05) is 41.4 Å². The van der Waals surface area contributed by atoms with E-state index in [2.05, 4.69) is 4.98 Å². The van der Waals surface area contributed by atoms with E-state index in [0.29, 0.717) is 23.7 Å². The molecule has 1 unspecified atom stereocenters. The van der Waals surface area contributed by atoms with Crippen molar-refractivity contribution in [3.8, 4) is 5.75 Å². The first-order chi connectivity index (χ1) is 15.0. The van der Waals surface area contributed by atoms with Gasteiger partial charge in [-0.3, -0.25) is 4.90 Å². The number of ether oxygens (including phenoxy) is 1. The van der Waals surface area contributed by atoms with Gasteiger partial charge in [-0.05, 0) is 66.9 Å². The number of hydrogen-bond donors (Lipinski definition) is 1. The third kappa shape index (κ3) is 3.66. The number of fused-ring (bicyclic) bond motifs is 3. The number of aromatic amines is 1. The highest BCUT2D eigenvalue weighted by Gasteiger charge is 2.35. The minimum absolute atomic E-state index is 0.309. The van der Waals surface area contributed by atoms with Crippen molar-refractivity contribution in [2.24, 2.45) is 0 Å². The molecular formula is C25H20ClFN2O2. The van der Waals surface area contributed by atoms with Crippen LogP contribution in [-0.4, -0.2) is 22.5 Å². The Hall–Kier alpha value is -3.31. The van der Waals surface area contributed by atoms with Gasteiger partial charge < -0.3 is 9.72 Å². The van der Waals surface area contributed by atoms with Crippen molar-refractivity contribution in [3.63, 3.8) is 0 Å². The lowest BCUT2D eigenvalue weighted by Crippen LogP contribution is -2.42. The third-order valence-corrected chi connectivity index (χ3v) is 5.97. The summed E-state index contributed by atoms with van der Waals surface area (Å²) in [5, 5.41) is 1.76. The van der Waals surface area contributed by atoms with Crippen LogP contribution in [-0.2, 0) is 6.42 Å². The number of carbonyl (C=O) groups excluding carboxylic acids is 1. The normalized spacial score (nSPS) is 15.7. The van der Waals surface area contributed by atoms with Crippen LogP contribution >= 0.6 is 11.6 Å². The lowest BCUT2D eigenvalue weighted by molar-refractivity contribution is 0.135. The molecule has 0 aliphatic carbocycles. The number of aryl methyl sites for hydroxylation is 1. The molecule has 1 aliphatic rings. The smallest absolute Gasteiger partial charge is 0.410 e. The van der Waals surface area contributed by atoms with Gasteiger partial charge in [0.05, 0.1) is 0 Å². The molecule has 156 valence electrons. The summed E-state index contributed by atoms with van der Waals surface area (Å²) in [6.45, 7) is 2.52. The van der Waals surface area contributed by atoms with Crippen molar-refractivity contribution < 1.29 is 13.9 Å². The van der Waals surface area contributed by atoms with Crippen LogP contribution in [0.25, 0.3) is 10.9 Å². The number of amides is 1. The van der Waals surface area contributed by atoms with Gasteiger partial charge in [-0.2, -0.15) is 0 Å². The Morgan fingerprint density at radius 2 is 1.84 bits per heavy atom. The van der Waals surface area contributed by atoms with Crippen molar-refractivity contribution in [1.82, 2.24) is 9.88 Å². The second-order valence-corrected chi connectivity index (χ2v) is 8.22. The zero-order valence-corrected chi connectivity index (χ0v) is 17.6. The summed E-state index contributed by atoms with van der Waals surface area (Å²) >= 11 is 6.24. The second kappa shape index (κ2) is 7.75. The lowest BCUT2D eigenvalue weighted by Gasteiger charge is -2.35. The SMILES string of the molecule is Cc1ccc(C2c3[nH]c4ccc(Cl)cc4c3CCN2C(=O)Oc2ccc(F)cc2)cc1. The number of rotatable bonds is 2. The highest BCUT2D eigenvalue weighted by molar-refractivity contribution is 6.31. The molecule has 6 heteroatoms. The van der Waals surface area contributed by atoms with E-state index in [1.807, 2.05) is 49.4 Å². The standard InChI is InChI=1S/C25H20ClFN2O2/c1-15-2-4-16(5-3-15)24-23-20(21-14-17(26)6-11-22(21)28-23)12-13-29(24)25(30)31-19-9-7-18(27)8-10-19/h2-11,14,24,28H,12-13H2,1H3. The van der Waals surface area contributed by atoms with E-state index in [-0.39, 0.29) is 11.9 Å². The summed E-state index contributed by atoms with van der Waals surface area (Å²) in [5.41, 5.74) is 5.24. The molecule has 1 atom stereocenters. The van der Waals surface area contributed by atoms with E-state index < -0.39 is 6.09 Å². The molecule has 3 aromatic carbocycles. The third-order valence-electron chi connectivity index (χ3n) is 5.74. The Kier molecular flexibility index (Phi) is 4.91. The van der Waals surface area contributed by atoms with Gasteiger partial charge in [0.15, 0.2) is 0 Å². The van der Waals surface area contributed by atoms with E-state index in [1.165, 1.54) is 24.3 Å². The summed E-state index contributed by atoms with van der Waals surface area (Å²) < 4.78 is 18.8. The fourth-order valence-electron chi connectivity index (χ4n) is 4.21. The summed E-state index contributed by atoms with van der Waals surface area (Å²) in [7, 11) is 0. The van der Waals surface area contributed by atoms with Crippen LogP contribution in [0.1, 0.15) is 28.4 Å². The number of hydrogen-bond acceptors (Lipinski definition) is 2. The maximum Gasteiger partial charge on any atom is 0.416 e. The number of nitrogens with one attached hydrogen (secondary N) is 1. The quantitative estimate of drug-likeness (QED) is 0.396. The van der Waals surface area contributed by atoms with Crippen molar-refractivity contribution in [1.29, 1.82) is 0 Å². The Morgan fingerprint density at radius 3 is 2.58 bits per heavy atom. The molecule has 31 heavy (non-hydrogen) atoms. The van der Waals surface area contributed by atoms with Crippen molar-refractivity contribution in [2.75, 3.05) is 6.54 Å². The Bertz CT molecular complexity index is 1270. The van der Waals surface area contributed by atoms with Gasteiger partial charge in [-0.25, -0.2) is 9.18 Å². The van der Waals surface area contributed by atoms with Crippen LogP contribution in [0, 0.1) is 12.7 Å². The number of carbonyl (C=O) groups is 1. The van der Waals surface area contributed by atoms with Crippen LogP contribution in [0.2, 0.25) is 5.02 Å². The predicted molar refractivity (Wildman–Crippen MR) is 119 cm³/mol. The van der Waals surface area contributed by atoms with Gasteiger partial charge in [0.25, 0.3) is 0 Å². The zero-order chi connectivity index (χ0) is 21.5. The van der Waals surface area contributed by atoms with Crippen molar-refractivity contribution >= 4 is 28.6 Å². The summed E-state index contributed by atoms with van der Waals surface area (Å²) in [5.74, 6) is -0.0695. The molecule has 4 aromatic rings. The molecule has 0 fully saturated rings. The number of aromatic nitrogens is 1. The molecule has 0 spiro atoms. The molecule has 1 N–H and O–H groups in total. The van der Waals surface area contributed by atoms with Crippen LogP contribution < -0.4 is 4.74 Å². The minimum Gasteiger partial charge on any atom is -0.410 e. The summed E-state index contributed by atoms with van der Waals surface area (Å²) in [6, 6.07) is 19.0. The number of halogens is 2. The van der Waals surface area contributed by atoms with Crippen LogP contribution in [0.3, 0.4) is 0 Å². The molecule has 0 bridgehead atoms. The van der Waals surface area contributed by atoms with Crippen LogP contribution in [0.5, 0.6) is 5.75 Å². The monoisotopic (exact) mass is 434 g/mol. The Balaban J connectivity index is 1.58. The first-order valence-electron chi connectivity index (χ1n) is 10.1. The van der Waals surface area contributed by atoms with Crippen molar-refractivity contribution in [2.45, 2.75) is 19.4 Å². The number of H-pyrrole nitrogens is 1. The molecule has 1 aromatic heterocycles. The topological polar surface area (TPSA) is 45.3 Å². The highest BCUT2D eigenvalue weighted by atomic mass is 35.5. The van der Waals surface area contributed by atoms with E-state index in [0.717, 1.165) is 33.3 Å². The van der Waals surface area contributed by atoms with Gasteiger partial charge in [-0.15, -0.1) is 0 Å². The van der Waals surface area contributed by atoms with Crippen LogP contribution in [0.4, 0.5) is 9.18 Å². The summed E-state index contributed by atoms with van der Waals surface area (Å²) in [6.07, 6.45) is 0.204. The van der Waals surface area contributed by atoms with Gasteiger partial charge in [0, 0.05) is 28.2 Å². The maximum atomic E-state index is 13.2. The fourth-order valence-corrected chi connectivity index (χ4v) is 4.39. The minimum atomic E-state index is -0.473. The molecular weight excluding hydrogens is 415 g/mol. The first-order valence-corrected chi connectivity index (χ1v) is 10.5.